The molecule has 1 aliphatic rings. The van der Waals surface area contributed by atoms with Crippen molar-refractivity contribution in [2.75, 3.05) is 7.11 Å². The first-order valence-corrected chi connectivity index (χ1v) is 3.43. The maximum absolute atomic E-state index is 5.24. The quantitative estimate of drug-likeness (QED) is 0.538. The largest absolute Gasteiger partial charge is 0.374 e. The fourth-order valence-electron chi connectivity index (χ4n) is 0.841. The summed E-state index contributed by atoms with van der Waals surface area (Å²) < 4.78 is 5.24. The van der Waals surface area contributed by atoms with Gasteiger partial charge in [-0.15, -0.1) is 0 Å². The third-order valence-electron chi connectivity index (χ3n) is 1.79. The molecule has 0 amide bonds. The molecule has 0 heterocycles. The molecule has 0 aromatic heterocycles. The summed E-state index contributed by atoms with van der Waals surface area (Å²) in [4.78, 5) is 0. The van der Waals surface area contributed by atoms with Gasteiger partial charge in [-0.1, -0.05) is 23.8 Å². The highest BCUT2D eigenvalue weighted by molar-refractivity contribution is 5.32. The van der Waals surface area contributed by atoms with Crippen molar-refractivity contribution in [3.8, 4) is 0 Å². The highest BCUT2D eigenvalue weighted by Gasteiger charge is 2.20. The molecule has 1 heteroatoms. The molecule has 1 aliphatic carbocycles. The van der Waals surface area contributed by atoms with Gasteiger partial charge in [0.1, 0.15) is 0 Å². The molecule has 1 radical (unpaired) electrons. The van der Waals surface area contributed by atoms with Crippen LogP contribution >= 0.6 is 0 Å². The average Bonchev–Trinajstić information content (AvgIpc) is 1.96. The molecule has 0 fully saturated rings. The zero-order chi connectivity index (χ0) is 7.61. The minimum atomic E-state index is -0.181. The Morgan fingerprint density at radius 1 is 1.50 bits per heavy atom. The van der Waals surface area contributed by atoms with Crippen molar-refractivity contribution in [3.05, 3.63) is 30.2 Å². The predicted molar refractivity (Wildman–Crippen MR) is 42.6 cm³/mol. The highest BCUT2D eigenvalue weighted by atomic mass is 16.5. The van der Waals surface area contributed by atoms with Crippen LogP contribution in [0.1, 0.15) is 13.8 Å². The van der Waals surface area contributed by atoms with Crippen LogP contribution in [0.2, 0.25) is 0 Å². The average molecular weight is 137 g/mol. The second kappa shape index (κ2) is 2.59. The van der Waals surface area contributed by atoms with Gasteiger partial charge in [0.05, 0.1) is 5.60 Å². The molecule has 0 saturated heterocycles. The molecule has 55 valence electrons. The smallest absolute Gasteiger partial charge is 0.0903 e. The second-order valence-electron chi connectivity index (χ2n) is 2.80. The van der Waals surface area contributed by atoms with E-state index in [0.29, 0.717) is 0 Å². The van der Waals surface area contributed by atoms with Crippen LogP contribution in [0.15, 0.2) is 23.8 Å². The van der Waals surface area contributed by atoms with E-state index < -0.39 is 0 Å². The van der Waals surface area contributed by atoms with E-state index >= 15 is 0 Å². The molecule has 0 aliphatic heterocycles. The van der Waals surface area contributed by atoms with Crippen LogP contribution in [0.3, 0.4) is 0 Å². The van der Waals surface area contributed by atoms with Crippen molar-refractivity contribution in [2.45, 2.75) is 19.4 Å². The number of rotatable bonds is 1. The van der Waals surface area contributed by atoms with Gasteiger partial charge < -0.3 is 4.74 Å². The van der Waals surface area contributed by atoms with Gasteiger partial charge in [0, 0.05) is 13.5 Å². The van der Waals surface area contributed by atoms with Gasteiger partial charge in [-0.25, -0.2) is 0 Å². The molecule has 10 heavy (non-hydrogen) atoms. The number of methoxy groups -OCH3 is 1. The molecular formula is C9H13O. The number of allylic oxidation sites excluding steroid dienone is 2. The molecule has 0 spiro atoms. The van der Waals surface area contributed by atoms with E-state index in [2.05, 4.69) is 31.6 Å². The Bertz CT molecular complexity index is 179. The van der Waals surface area contributed by atoms with E-state index in [-0.39, 0.29) is 5.60 Å². The summed E-state index contributed by atoms with van der Waals surface area (Å²) in [5, 5.41) is 0. The maximum atomic E-state index is 5.24. The zero-order valence-electron chi connectivity index (χ0n) is 6.72. The molecule has 1 atom stereocenters. The number of hydrogen-bond donors (Lipinski definition) is 0. The van der Waals surface area contributed by atoms with Crippen LogP contribution in [-0.4, -0.2) is 12.7 Å². The summed E-state index contributed by atoms with van der Waals surface area (Å²) in [5.74, 6) is 0. The summed E-state index contributed by atoms with van der Waals surface area (Å²) in [6.45, 7) is 4.11. The second-order valence-corrected chi connectivity index (χ2v) is 2.80. The number of hydrogen-bond acceptors (Lipinski definition) is 1. The maximum Gasteiger partial charge on any atom is 0.0903 e. The van der Waals surface area contributed by atoms with Gasteiger partial charge in [-0.3, -0.25) is 0 Å². The van der Waals surface area contributed by atoms with Crippen molar-refractivity contribution in [1.82, 2.24) is 0 Å². The van der Waals surface area contributed by atoms with E-state index in [0.717, 1.165) is 0 Å². The summed E-state index contributed by atoms with van der Waals surface area (Å²) in [7, 11) is 1.72. The monoisotopic (exact) mass is 137 g/mol. The van der Waals surface area contributed by atoms with Crippen LogP contribution in [-0.2, 0) is 4.74 Å². The lowest BCUT2D eigenvalue weighted by atomic mass is 9.94. The van der Waals surface area contributed by atoms with Crippen molar-refractivity contribution < 1.29 is 4.74 Å². The van der Waals surface area contributed by atoms with E-state index in [9.17, 15) is 0 Å². The van der Waals surface area contributed by atoms with Crippen LogP contribution in [0.25, 0.3) is 0 Å². The van der Waals surface area contributed by atoms with Crippen molar-refractivity contribution in [3.63, 3.8) is 0 Å². The van der Waals surface area contributed by atoms with Crippen molar-refractivity contribution in [1.29, 1.82) is 0 Å². The predicted octanol–water partition coefficient (Wildman–Crippen LogP) is 2.11. The Balaban J connectivity index is 2.67. The molecule has 0 aromatic carbocycles. The molecule has 1 nitrogen and oxygen atoms in total. The van der Waals surface area contributed by atoms with Crippen LogP contribution in [0, 0.1) is 6.42 Å². The third-order valence-corrected chi connectivity index (χ3v) is 1.79. The minimum Gasteiger partial charge on any atom is -0.374 e. The summed E-state index contributed by atoms with van der Waals surface area (Å²) in [5.41, 5.74) is 1.09. The Morgan fingerprint density at radius 3 is 2.60 bits per heavy atom. The van der Waals surface area contributed by atoms with E-state index in [1.54, 1.807) is 7.11 Å². The molecule has 1 unspecified atom stereocenters. The first-order valence-electron chi connectivity index (χ1n) is 3.43. The Labute approximate surface area is 62.4 Å². The van der Waals surface area contributed by atoms with Gasteiger partial charge in [0.2, 0.25) is 0 Å². The minimum absolute atomic E-state index is 0.181. The Hall–Kier alpha value is -0.560. The first-order chi connectivity index (χ1) is 4.66. The van der Waals surface area contributed by atoms with E-state index in [1.807, 2.05) is 6.92 Å². The van der Waals surface area contributed by atoms with E-state index in [4.69, 9.17) is 4.74 Å². The SMILES string of the molecule is COC1(C)[CH]C=C(C)C=C1. The molecule has 1 rings (SSSR count). The van der Waals surface area contributed by atoms with Crippen molar-refractivity contribution >= 4 is 0 Å². The molecule has 0 bridgehead atoms. The third kappa shape index (κ3) is 1.48. The Morgan fingerprint density at radius 2 is 2.20 bits per heavy atom. The van der Waals surface area contributed by atoms with E-state index in [1.165, 1.54) is 5.57 Å². The summed E-state index contributed by atoms with van der Waals surface area (Å²) in [6, 6.07) is 0. The number of ether oxygens (including phenoxy) is 1. The van der Waals surface area contributed by atoms with Crippen LogP contribution in [0.5, 0.6) is 0 Å². The van der Waals surface area contributed by atoms with Crippen molar-refractivity contribution in [2.24, 2.45) is 0 Å². The van der Waals surface area contributed by atoms with Crippen LogP contribution < -0.4 is 0 Å². The van der Waals surface area contributed by atoms with Gasteiger partial charge in [-0.05, 0) is 13.8 Å². The van der Waals surface area contributed by atoms with Gasteiger partial charge >= 0.3 is 0 Å². The molecular weight excluding hydrogens is 124 g/mol. The summed E-state index contributed by atoms with van der Waals surface area (Å²) in [6.07, 6.45) is 8.26. The normalized spacial score (nSPS) is 32.1. The highest BCUT2D eigenvalue weighted by Crippen LogP contribution is 2.21. The van der Waals surface area contributed by atoms with Gasteiger partial charge in [0.25, 0.3) is 0 Å². The van der Waals surface area contributed by atoms with Crippen LogP contribution in [0.4, 0.5) is 0 Å². The van der Waals surface area contributed by atoms with Gasteiger partial charge in [0.15, 0.2) is 0 Å². The first kappa shape index (κ1) is 7.55. The standard InChI is InChI=1S/C9H13O/c1-8-4-6-9(2,10-3)7-5-8/h4-7H,1-3H3. The molecule has 0 aromatic rings. The molecule has 0 N–H and O–H groups in total. The topological polar surface area (TPSA) is 9.23 Å². The fourth-order valence-corrected chi connectivity index (χ4v) is 0.841. The lowest BCUT2D eigenvalue weighted by Gasteiger charge is -2.25. The van der Waals surface area contributed by atoms with Gasteiger partial charge in [-0.2, -0.15) is 0 Å². The Kier molecular flexibility index (Phi) is 1.95. The zero-order valence-corrected chi connectivity index (χ0v) is 6.72. The summed E-state index contributed by atoms with van der Waals surface area (Å²) >= 11 is 0. The lowest BCUT2D eigenvalue weighted by molar-refractivity contribution is 0.0794. The fraction of sp³-hybridized carbons (Fsp3) is 0.444. The molecule has 0 saturated carbocycles. The lowest BCUT2D eigenvalue weighted by Crippen LogP contribution is -2.25.